The van der Waals surface area contributed by atoms with Gasteiger partial charge >= 0.3 is 0 Å². The van der Waals surface area contributed by atoms with Crippen molar-refractivity contribution in [1.29, 1.82) is 0 Å². The second kappa shape index (κ2) is 5.88. The monoisotopic (exact) mass is 344 g/mol. The molecule has 0 spiro atoms. The third-order valence-corrected chi connectivity index (χ3v) is 6.47. The second-order valence-corrected chi connectivity index (χ2v) is 7.59. The normalized spacial score (nSPS) is 35.1. The number of nitrogens with zero attached hydrogens (tertiary/aromatic N) is 2. The van der Waals surface area contributed by atoms with Crippen molar-refractivity contribution in [2.45, 2.75) is 37.3 Å². The van der Waals surface area contributed by atoms with Gasteiger partial charge in [-0.2, -0.15) is 0 Å². The van der Waals surface area contributed by atoms with E-state index in [9.17, 15) is 9.90 Å². The maximum atomic E-state index is 12.6. The Kier molecular flexibility index (Phi) is 3.64. The Morgan fingerprint density at radius 2 is 1.96 bits per heavy atom. The summed E-state index contributed by atoms with van der Waals surface area (Å²) in [5.74, 6) is 2.60. The molecule has 5 aliphatic rings. The van der Waals surface area contributed by atoms with E-state index in [0.717, 1.165) is 31.1 Å². The minimum atomic E-state index is -0.0736. The predicted octanol–water partition coefficient (Wildman–Crippen LogP) is 1.19. The molecule has 25 heavy (non-hydrogen) atoms. The first kappa shape index (κ1) is 15.5. The molecule has 6 heteroatoms. The zero-order chi connectivity index (χ0) is 17.0. The topological polar surface area (TPSA) is 62.2 Å². The van der Waals surface area contributed by atoms with Gasteiger partial charge in [0.15, 0.2) is 11.5 Å². The van der Waals surface area contributed by atoms with Crippen LogP contribution in [-0.4, -0.2) is 65.9 Å². The highest BCUT2D eigenvalue weighted by molar-refractivity contribution is 5.77. The molecule has 1 amide bonds. The van der Waals surface area contributed by atoms with Crippen molar-refractivity contribution in [1.82, 2.24) is 9.80 Å². The molecule has 0 aliphatic carbocycles. The Hall–Kier alpha value is -1.79. The summed E-state index contributed by atoms with van der Waals surface area (Å²) in [6.07, 6.45) is 2.58. The summed E-state index contributed by atoms with van der Waals surface area (Å²) in [5, 5.41) is 9.23. The van der Waals surface area contributed by atoms with Gasteiger partial charge in [0.2, 0.25) is 12.7 Å². The smallest absolute Gasteiger partial charge is 0.231 e. The molecule has 5 aliphatic heterocycles. The van der Waals surface area contributed by atoms with E-state index in [2.05, 4.69) is 21.9 Å². The van der Waals surface area contributed by atoms with Gasteiger partial charge in [0.1, 0.15) is 0 Å². The lowest BCUT2D eigenvalue weighted by molar-refractivity contribution is -0.136. The van der Waals surface area contributed by atoms with Crippen LogP contribution in [0.3, 0.4) is 0 Å². The van der Waals surface area contributed by atoms with E-state index in [4.69, 9.17) is 9.47 Å². The molecule has 0 radical (unpaired) electrons. The molecule has 134 valence electrons. The van der Waals surface area contributed by atoms with E-state index in [-0.39, 0.29) is 31.8 Å². The van der Waals surface area contributed by atoms with Crippen LogP contribution in [0, 0.1) is 5.92 Å². The lowest BCUT2D eigenvalue weighted by Crippen LogP contribution is -2.60. The Morgan fingerprint density at radius 3 is 2.76 bits per heavy atom. The number of rotatable bonds is 3. The summed E-state index contributed by atoms with van der Waals surface area (Å²) in [6, 6.07) is 6.88. The average molecular weight is 344 g/mol. The SMILES string of the molecule is O=C(CCO)N1C[C@H](c2ccc3c(c2)OCO3)[C@H]2[C@@H]1C1CCN2CC1. The van der Waals surface area contributed by atoms with Crippen molar-refractivity contribution in [2.75, 3.05) is 33.0 Å². The molecule has 1 N–H and O–H groups in total. The maximum absolute atomic E-state index is 12.6. The van der Waals surface area contributed by atoms with Gasteiger partial charge in [0.05, 0.1) is 12.6 Å². The molecular formula is C19H24N2O4. The van der Waals surface area contributed by atoms with Gasteiger partial charge in [-0.05, 0) is 49.5 Å². The van der Waals surface area contributed by atoms with Gasteiger partial charge in [-0.25, -0.2) is 0 Å². The van der Waals surface area contributed by atoms with Gasteiger partial charge in [0.25, 0.3) is 0 Å². The molecule has 4 fully saturated rings. The van der Waals surface area contributed by atoms with E-state index in [1.165, 1.54) is 18.4 Å². The summed E-state index contributed by atoms with van der Waals surface area (Å²) in [5.41, 5.74) is 1.23. The highest BCUT2D eigenvalue weighted by Crippen LogP contribution is 2.48. The third kappa shape index (κ3) is 2.34. The van der Waals surface area contributed by atoms with Crippen LogP contribution in [0.2, 0.25) is 0 Å². The summed E-state index contributed by atoms with van der Waals surface area (Å²) in [4.78, 5) is 17.3. The van der Waals surface area contributed by atoms with Gasteiger partial charge in [-0.1, -0.05) is 6.07 Å². The van der Waals surface area contributed by atoms with Crippen LogP contribution in [0.25, 0.3) is 0 Å². The number of amides is 1. The van der Waals surface area contributed by atoms with E-state index < -0.39 is 0 Å². The third-order valence-electron chi connectivity index (χ3n) is 6.47. The fourth-order valence-corrected chi connectivity index (χ4v) is 5.38. The van der Waals surface area contributed by atoms with Crippen molar-refractivity contribution < 1.29 is 19.4 Å². The summed E-state index contributed by atoms with van der Waals surface area (Å²) in [7, 11) is 0. The van der Waals surface area contributed by atoms with Crippen molar-refractivity contribution in [3.05, 3.63) is 23.8 Å². The molecular weight excluding hydrogens is 320 g/mol. The minimum absolute atomic E-state index is 0.0736. The van der Waals surface area contributed by atoms with Crippen molar-refractivity contribution in [2.24, 2.45) is 5.92 Å². The van der Waals surface area contributed by atoms with Gasteiger partial charge in [0, 0.05) is 24.9 Å². The van der Waals surface area contributed by atoms with Crippen LogP contribution in [0.15, 0.2) is 18.2 Å². The zero-order valence-corrected chi connectivity index (χ0v) is 14.3. The van der Waals surface area contributed by atoms with Crippen LogP contribution in [-0.2, 0) is 4.79 Å². The molecule has 4 saturated heterocycles. The number of ether oxygens (including phenoxy) is 2. The number of fused-ring (bicyclic) bond motifs is 3. The quantitative estimate of drug-likeness (QED) is 0.892. The number of hydrogen-bond donors (Lipinski definition) is 1. The number of aliphatic hydroxyl groups excluding tert-OH is 1. The van der Waals surface area contributed by atoms with Crippen LogP contribution in [0.4, 0.5) is 0 Å². The Morgan fingerprint density at radius 1 is 1.16 bits per heavy atom. The van der Waals surface area contributed by atoms with E-state index in [1.807, 2.05) is 6.07 Å². The highest BCUT2D eigenvalue weighted by atomic mass is 16.7. The number of aliphatic hydroxyl groups is 1. The summed E-state index contributed by atoms with van der Waals surface area (Å²) >= 11 is 0. The predicted molar refractivity (Wildman–Crippen MR) is 90.6 cm³/mol. The number of hydrogen-bond acceptors (Lipinski definition) is 5. The summed E-state index contributed by atoms with van der Waals surface area (Å²) < 4.78 is 11.0. The molecule has 6 nitrogen and oxygen atoms in total. The lowest BCUT2D eigenvalue weighted by Gasteiger charge is -2.51. The molecule has 3 atom stereocenters. The molecule has 6 rings (SSSR count). The Bertz CT molecular complexity index is 686. The largest absolute Gasteiger partial charge is 0.454 e. The first-order valence-electron chi connectivity index (χ1n) is 9.30. The Labute approximate surface area is 147 Å². The number of carbonyl (C=O) groups is 1. The standard InChI is InChI=1S/C19H24N2O4/c22-8-5-17(23)21-10-14(13-1-2-15-16(9-13)25-11-24-15)19-18(21)12-3-6-20(19)7-4-12/h1-2,9,12,14,18-19,22H,3-8,10-11H2/t14-,18+,19+/m1/s1. The fourth-order valence-electron chi connectivity index (χ4n) is 5.38. The van der Waals surface area contributed by atoms with E-state index >= 15 is 0 Å². The van der Waals surface area contributed by atoms with E-state index in [1.54, 1.807) is 0 Å². The number of likely N-dealkylation sites (tertiary alicyclic amines) is 1. The number of carbonyl (C=O) groups excluding carboxylic acids is 1. The Balaban J connectivity index is 1.50. The van der Waals surface area contributed by atoms with Crippen molar-refractivity contribution in [3.8, 4) is 11.5 Å². The van der Waals surface area contributed by atoms with Gasteiger partial charge in [-0.3, -0.25) is 9.69 Å². The number of benzene rings is 1. The first-order chi connectivity index (χ1) is 12.3. The van der Waals surface area contributed by atoms with Gasteiger partial charge < -0.3 is 19.5 Å². The van der Waals surface area contributed by atoms with Crippen LogP contribution < -0.4 is 9.47 Å². The van der Waals surface area contributed by atoms with Gasteiger partial charge in [-0.15, -0.1) is 0 Å². The lowest BCUT2D eigenvalue weighted by atomic mass is 9.75. The molecule has 1 aromatic rings. The second-order valence-electron chi connectivity index (χ2n) is 7.59. The molecule has 0 unspecified atom stereocenters. The summed E-state index contributed by atoms with van der Waals surface area (Å²) in [6.45, 7) is 3.21. The zero-order valence-electron chi connectivity index (χ0n) is 14.3. The fraction of sp³-hybridized carbons (Fsp3) is 0.632. The van der Waals surface area contributed by atoms with Crippen LogP contribution in [0.1, 0.15) is 30.7 Å². The van der Waals surface area contributed by atoms with Crippen LogP contribution >= 0.6 is 0 Å². The highest BCUT2D eigenvalue weighted by Gasteiger charge is 2.54. The molecule has 5 heterocycles. The maximum Gasteiger partial charge on any atom is 0.231 e. The average Bonchev–Trinajstić information content (AvgIpc) is 3.28. The van der Waals surface area contributed by atoms with Crippen molar-refractivity contribution in [3.63, 3.8) is 0 Å². The molecule has 0 saturated carbocycles. The number of piperidine rings is 3. The molecule has 1 aromatic carbocycles. The molecule has 0 aromatic heterocycles. The van der Waals surface area contributed by atoms with Crippen LogP contribution in [0.5, 0.6) is 11.5 Å². The van der Waals surface area contributed by atoms with Crippen molar-refractivity contribution >= 4 is 5.91 Å². The minimum Gasteiger partial charge on any atom is -0.454 e. The molecule has 2 bridgehead atoms. The first-order valence-corrected chi connectivity index (χ1v) is 9.30. The van der Waals surface area contributed by atoms with E-state index in [0.29, 0.717) is 17.9 Å².